The number of carbonyl (C=O) groups is 1. The minimum atomic E-state index is -1.02. The Morgan fingerprint density at radius 1 is 1.07 bits per heavy atom. The first-order chi connectivity index (χ1) is 13.5. The van der Waals surface area contributed by atoms with Crippen molar-refractivity contribution in [2.24, 2.45) is 0 Å². The van der Waals surface area contributed by atoms with E-state index in [1.165, 1.54) is 11.1 Å². The van der Waals surface area contributed by atoms with E-state index in [-0.39, 0.29) is 0 Å². The van der Waals surface area contributed by atoms with E-state index in [1.807, 2.05) is 24.3 Å². The molecule has 5 nitrogen and oxygen atoms in total. The van der Waals surface area contributed by atoms with Crippen LogP contribution in [0.4, 0.5) is 5.69 Å². The Morgan fingerprint density at radius 2 is 1.75 bits per heavy atom. The Morgan fingerprint density at radius 3 is 2.36 bits per heavy atom. The van der Waals surface area contributed by atoms with Crippen LogP contribution in [0.3, 0.4) is 0 Å². The fourth-order valence-electron chi connectivity index (χ4n) is 4.35. The summed E-state index contributed by atoms with van der Waals surface area (Å²) in [6.45, 7) is 8.58. The Kier molecular flexibility index (Phi) is 5.13. The summed E-state index contributed by atoms with van der Waals surface area (Å²) in [5, 5.41) is 13.3. The van der Waals surface area contributed by atoms with Gasteiger partial charge in [0.25, 0.3) is 0 Å². The van der Waals surface area contributed by atoms with Crippen LogP contribution in [-0.4, -0.2) is 52.7 Å². The normalized spacial score (nSPS) is 22.8. The zero-order valence-corrected chi connectivity index (χ0v) is 16.7. The van der Waals surface area contributed by atoms with Gasteiger partial charge < -0.3 is 10.4 Å². The Bertz CT molecular complexity index is 814. The number of nitrogens with one attached hydrogen (secondary N) is 1. The maximum atomic E-state index is 12.2. The van der Waals surface area contributed by atoms with Crippen LogP contribution >= 0.6 is 0 Å². The average molecular weight is 380 g/mol. The van der Waals surface area contributed by atoms with Crippen molar-refractivity contribution in [3.8, 4) is 0 Å². The van der Waals surface area contributed by atoms with E-state index >= 15 is 0 Å². The molecule has 0 unspecified atom stereocenters. The molecule has 0 saturated carbocycles. The highest BCUT2D eigenvalue weighted by Gasteiger charge is 2.49. The molecule has 0 spiro atoms. The standard InChI is InChI=1S/C23H29N3O2/c1-17(2)19-9-7-18(8-10-19)16-25-11-13-26(14-12-25)23(22(27)28)15-20-5-3-4-6-21(20)24-23/h3-10,17,24H,11-16H2,1-2H3,(H,27,28)/t23-/m0/s1. The topological polar surface area (TPSA) is 55.8 Å². The van der Waals surface area contributed by atoms with Gasteiger partial charge in [-0.05, 0) is 28.7 Å². The van der Waals surface area contributed by atoms with Crippen molar-refractivity contribution in [2.75, 3.05) is 31.5 Å². The van der Waals surface area contributed by atoms with Crippen molar-refractivity contribution in [3.63, 3.8) is 0 Å². The van der Waals surface area contributed by atoms with Gasteiger partial charge in [0.15, 0.2) is 5.66 Å². The summed E-state index contributed by atoms with van der Waals surface area (Å²) in [6.07, 6.45) is 0.509. The minimum Gasteiger partial charge on any atom is -0.478 e. The summed E-state index contributed by atoms with van der Waals surface area (Å²) in [4.78, 5) is 16.8. The highest BCUT2D eigenvalue weighted by Crippen LogP contribution is 2.35. The molecule has 0 radical (unpaired) electrons. The number of carboxylic acid groups (broad SMARTS) is 1. The second-order valence-electron chi connectivity index (χ2n) is 8.28. The first kappa shape index (κ1) is 19.0. The molecule has 148 valence electrons. The van der Waals surface area contributed by atoms with Gasteiger partial charge in [0, 0.05) is 44.8 Å². The lowest BCUT2D eigenvalue weighted by Gasteiger charge is -2.43. The van der Waals surface area contributed by atoms with Gasteiger partial charge in [-0.15, -0.1) is 0 Å². The first-order valence-electron chi connectivity index (χ1n) is 10.1. The van der Waals surface area contributed by atoms with Crippen LogP contribution in [-0.2, 0) is 17.8 Å². The predicted molar refractivity (Wildman–Crippen MR) is 112 cm³/mol. The summed E-state index contributed by atoms with van der Waals surface area (Å²) >= 11 is 0. The second kappa shape index (κ2) is 7.57. The van der Waals surface area contributed by atoms with E-state index in [4.69, 9.17) is 0 Å². The minimum absolute atomic E-state index is 0.509. The summed E-state index contributed by atoms with van der Waals surface area (Å²) in [6, 6.07) is 16.8. The van der Waals surface area contributed by atoms with Gasteiger partial charge in [-0.3, -0.25) is 9.80 Å². The van der Waals surface area contributed by atoms with Gasteiger partial charge in [0.05, 0.1) is 0 Å². The molecule has 2 aromatic rings. The van der Waals surface area contributed by atoms with Crippen LogP contribution in [0.2, 0.25) is 0 Å². The van der Waals surface area contributed by atoms with Gasteiger partial charge in [-0.1, -0.05) is 56.3 Å². The highest BCUT2D eigenvalue weighted by atomic mass is 16.4. The fraction of sp³-hybridized carbons (Fsp3) is 0.435. The molecule has 5 heteroatoms. The second-order valence-corrected chi connectivity index (χ2v) is 8.28. The molecule has 0 bridgehead atoms. The number of anilines is 1. The summed E-state index contributed by atoms with van der Waals surface area (Å²) in [5.74, 6) is -0.241. The highest BCUT2D eigenvalue weighted by molar-refractivity contribution is 5.86. The molecule has 0 aliphatic carbocycles. The molecule has 0 amide bonds. The SMILES string of the molecule is CC(C)c1ccc(CN2CCN([C@]3(C(=O)O)Cc4ccccc4N3)CC2)cc1. The third kappa shape index (κ3) is 3.52. The van der Waals surface area contributed by atoms with E-state index in [1.54, 1.807) is 0 Å². The summed E-state index contributed by atoms with van der Waals surface area (Å²) in [7, 11) is 0. The number of carboxylic acids is 1. The number of nitrogens with zero attached hydrogens (tertiary/aromatic N) is 2. The van der Waals surface area contributed by atoms with Gasteiger partial charge in [0.2, 0.25) is 0 Å². The van der Waals surface area contributed by atoms with E-state index in [0.29, 0.717) is 12.3 Å². The van der Waals surface area contributed by atoms with Crippen molar-refractivity contribution in [1.29, 1.82) is 0 Å². The van der Waals surface area contributed by atoms with Crippen molar-refractivity contribution in [3.05, 3.63) is 65.2 Å². The molecule has 28 heavy (non-hydrogen) atoms. The van der Waals surface area contributed by atoms with Crippen molar-refractivity contribution >= 4 is 11.7 Å². The fourth-order valence-corrected chi connectivity index (χ4v) is 4.35. The molecule has 2 aromatic carbocycles. The summed E-state index contributed by atoms with van der Waals surface area (Å²) in [5.41, 5.74) is 3.69. The molecule has 2 aliphatic heterocycles. The van der Waals surface area contributed by atoms with E-state index in [0.717, 1.165) is 44.0 Å². The van der Waals surface area contributed by atoms with Crippen molar-refractivity contribution < 1.29 is 9.90 Å². The number of hydrogen-bond acceptors (Lipinski definition) is 4. The smallest absolute Gasteiger partial charge is 0.345 e. The molecule has 1 atom stereocenters. The third-order valence-electron chi connectivity index (χ3n) is 6.12. The number of hydrogen-bond donors (Lipinski definition) is 2. The largest absolute Gasteiger partial charge is 0.478 e. The Hall–Kier alpha value is -2.37. The van der Waals surface area contributed by atoms with Crippen molar-refractivity contribution in [1.82, 2.24) is 9.80 Å². The van der Waals surface area contributed by atoms with Gasteiger partial charge in [0.1, 0.15) is 0 Å². The molecule has 2 N–H and O–H groups in total. The Balaban J connectivity index is 1.40. The number of fused-ring (bicyclic) bond motifs is 1. The lowest BCUT2D eigenvalue weighted by Crippen LogP contribution is -2.64. The van der Waals surface area contributed by atoms with Crippen LogP contribution in [0.5, 0.6) is 0 Å². The predicted octanol–water partition coefficient (Wildman–Crippen LogP) is 3.38. The zero-order chi connectivity index (χ0) is 19.7. The number of rotatable bonds is 5. The lowest BCUT2D eigenvalue weighted by atomic mass is 10.0. The maximum Gasteiger partial charge on any atom is 0.345 e. The van der Waals surface area contributed by atoms with Crippen LogP contribution < -0.4 is 5.32 Å². The molecular formula is C23H29N3O2. The lowest BCUT2D eigenvalue weighted by molar-refractivity contribution is -0.150. The number of aliphatic carboxylic acids is 1. The number of benzene rings is 2. The van der Waals surface area contributed by atoms with E-state index in [9.17, 15) is 9.90 Å². The van der Waals surface area contributed by atoms with Gasteiger partial charge >= 0.3 is 5.97 Å². The van der Waals surface area contributed by atoms with E-state index < -0.39 is 11.6 Å². The number of para-hydroxylation sites is 1. The Labute approximate surface area is 167 Å². The van der Waals surface area contributed by atoms with Gasteiger partial charge in [-0.2, -0.15) is 0 Å². The van der Waals surface area contributed by atoms with Crippen molar-refractivity contribution in [2.45, 2.75) is 38.4 Å². The molecular weight excluding hydrogens is 350 g/mol. The zero-order valence-electron chi connectivity index (χ0n) is 16.7. The monoisotopic (exact) mass is 379 g/mol. The molecule has 2 aliphatic rings. The molecule has 1 fully saturated rings. The average Bonchev–Trinajstić information content (AvgIpc) is 3.10. The summed E-state index contributed by atoms with van der Waals surface area (Å²) < 4.78 is 0. The quantitative estimate of drug-likeness (QED) is 0.834. The van der Waals surface area contributed by atoms with Crippen LogP contribution in [0.25, 0.3) is 0 Å². The molecule has 2 heterocycles. The first-order valence-corrected chi connectivity index (χ1v) is 10.1. The number of piperazine rings is 1. The molecule has 4 rings (SSSR count). The molecule has 0 aromatic heterocycles. The van der Waals surface area contributed by atoms with Crippen LogP contribution in [0, 0.1) is 0 Å². The maximum absolute atomic E-state index is 12.2. The third-order valence-corrected chi connectivity index (χ3v) is 6.12. The molecule has 1 saturated heterocycles. The van der Waals surface area contributed by atoms with Gasteiger partial charge in [-0.25, -0.2) is 4.79 Å². The van der Waals surface area contributed by atoms with E-state index in [2.05, 4.69) is 53.2 Å². The van der Waals surface area contributed by atoms with Crippen LogP contribution in [0.1, 0.15) is 36.5 Å². The van der Waals surface area contributed by atoms with Crippen LogP contribution in [0.15, 0.2) is 48.5 Å².